The molecule has 0 unspecified atom stereocenters. The van der Waals surface area contributed by atoms with Gasteiger partial charge in [-0.2, -0.15) is 0 Å². The second-order valence-electron chi connectivity index (χ2n) is 7.12. The number of pyridine rings is 1. The van der Waals surface area contributed by atoms with Gasteiger partial charge in [0.25, 0.3) is 5.91 Å². The molecule has 2 aromatic carbocycles. The Morgan fingerprint density at radius 1 is 1.14 bits per heavy atom. The number of aromatic nitrogens is 2. The van der Waals surface area contributed by atoms with E-state index < -0.39 is 0 Å². The highest BCUT2D eigenvalue weighted by Crippen LogP contribution is 2.28. The van der Waals surface area contributed by atoms with Crippen LogP contribution in [0.1, 0.15) is 42.4 Å². The number of rotatable bonds is 6. The van der Waals surface area contributed by atoms with E-state index in [2.05, 4.69) is 15.3 Å². The average molecular weight is 484 g/mol. The Balaban J connectivity index is 0.000000803. The molecule has 35 heavy (non-hydrogen) atoms. The van der Waals surface area contributed by atoms with Crippen LogP contribution in [0.4, 0.5) is 8.78 Å². The summed E-state index contributed by atoms with van der Waals surface area (Å²) in [5.41, 5.74) is 2.79. The Morgan fingerprint density at radius 2 is 1.89 bits per heavy atom. The molecule has 4 aromatic rings. The molecule has 0 aliphatic rings. The molecule has 0 radical (unpaired) electrons. The number of alkyl halides is 1. The van der Waals surface area contributed by atoms with Gasteiger partial charge in [0.2, 0.25) is 0 Å². The molecule has 2 heterocycles. The molecule has 186 valence electrons. The van der Waals surface area contributed by atoms with Crippen molar-refractivity contribution >= 4 is 16.7 Å². The van der Waals surface area contributed by atoms with Crippen LogP contribution in [0.5, 0.6) is 5.75 Å². The smallest absolute Gasteiger partial charge is 0.273 e. The molecular formula is C27H31F2N3O3. The van der Waals surface area contributed by atoms with Gasteiger partial charge in [-0.3, -0.25) is 14.2 Å². The predicted molar refractivity (Wildman–Crippen MR) is 134 cm³/mol. The van der Waals surface area contributed by atoms with E-state index in [1.165, 1.54) is 19.5 Å². The number of carbonyl (C=O) groups excluding carboxylic acids is 1. The first-order valence-corrected chi connectivity index (χ1v) is 11.4. The topological polar surface area (TPSA) is 77.2 Å². The molecule has 0 atom stereocenters. The Morgan fingerprint density at radius 3 is 2.57 bits per heavy atom. The second-order valence-corrected chi connectivity index (χ2v) is 7.12. The van der Waals surface area contributed by atoms with E-state index in [1.54, 1.807) is 25.4 Å². The summed E-state index contributed by atoms with van der Waals surface area (Å²) >= 11 is 0. The normalized spacial score (nSPS) is 10.0. The van der Waals surface area contributed by atoms with Crippen molar-refractivity contribution in [1.29, 1.82) is 0 Å². The summed E-state index contributed by atoms with van der Waals surface area (Å²) in [4.78, 5) is 20.7. The third-order valence-corrected chi connectivity index (χ3v) is 4.96. The fourth-order valence-corrected chi connectivity index (χ4v) is 3.47. The van der Waals surface area contributed by atoms with Crippen molar-refractivity contribution < 1.29 is 22.7 Å². The quantitative estimate of drug-likeness (QED) is 0.347. The van der Waals surface area contributed by atoms with Gasteiger partial charge in [-0.15, -0.1) is 0 Å². The molecular weight excluding hydrogens is 452 g/mol. The Bertz CT molecular complexity index is 1240. The van der Waals surface area contributed by atoms with E-state index in [0.717, 1.165) is 27.8 Å². The summed E-state index contributed by atoms with van der Waals surface area (Å²) in [6, 6.07) is 10.9. The predicted octanol–water partition coefficient (Wildman–Crippen LogP) is 6.32. The van der Waals surface area contributed by atoms with E-state index in [-0.39, 0.29) is 24.1 Å². The van der Waals surface area contributed by atoms with Crippen LogP contribution in [0.2, 0.25) is 0 Å². The highest BCUT2D eigenvalue weighted by atomic mass is 19.1. The number of nitrogens with one attached hydrogen (secondary N) is 1. The third-order valence-electron chi connectivity index (χ3n) is 4.96. The fraction of sp³-hybridized carbons (Fsp3) is 0.296. The number of benzene rings is 2. The number of hydrogen-bond acceptors (Lipinski definition) is 5. The zero-order valence-electron chi connectivity index (χ0n) is 20.7. The summed E-state index contributed by atoms with van der Waals surface area (Å²) in [6.07, 6.45) is 4.62. The third kappa shape index (κ3) is 6.85. The minimum Gasteiger partial charge on any atom is -0.496 e. The SMILES string of the molecule is CC.CCF.COc1ccc(-c2ocnc2C(=O)NCCc2cccc3c(F)cncc23)cc1C. The molecule has 0 aliphatic carbocycles. The van der Waals surface area contributed by atoms with Crippen molar-refractivity contribution in [1.82, 2.24) is 15.3 Å². The number of carbonyl (C=O) groups is 1. The van der Waals surface area contributed by atoms with Crippen molar-refractivity contribution in [3.05, 3.63) is 77.8 Å². The Labute approximate surface area is 204 Å². The van der Waals surface area contributed by atoms with Crippen LogP contribution in [0, 0.1) is 12.7 Å². The standard InChI is InChI=1S/C23H20FN3O3.C2H5F.C2H6/c1-14-10-16(6-7-20(14)29-2)22-21(27-13-30-22)23(28)26-9-8-15-4-3-5-17-18(15)11-25-12-19(17)24;1-2-3;1-2/h3-7,10-13H,8-9H2,1-2H3,(H,26,28);2H2,1H3;1-2H3. The average Bonchev–Trinajstić information content (AvgIpc) is 3.36. The first-order valence-electron chi connectivity index (χ1n) is 11.4. The molecule has 0 saturated carbocycles. The fourth-order valence-electron chi connectivity index (χ4n) is 3.47. The number of fused-ring (bicyclic) bond motifs is 1. The van der Waals surface area contributed by atoms with Crippen molar-refractivity contribution in [2.75, 3.05) is 20.3 Å². The summed E-state index contributed by atoms with van der Waals surface area (Å²) in [6.45, 7) is 7.49. The number of hydrogen-bond donors (Lipinski definition) is 1. The van der Waals surface area contributed by atoms with Crippen molar-refractivity contribution in [3.8, 4) is 17.1 Å². The second kappa shape index (κ2) is 13.8. The first kappa shape index (κ1) is 27.4. The first-order chi connectivity index (χ1) is 17.0. The Kier molecular flexibility index (Phi) is 10.8. The van der Waals surface area contributed by atoms with E-state index in [9.17, 15) is 13.6 Å². The maximum atomic E-state index is 13.9. The van der Waals surface area contributed by atoms with Gasteiger partial charge in [-0.05, 0) is 49.6 Å². The van der Waals surface area contributed by atoms with Crippen LogP contribution in [0.25, 0.3) is 22.1 Å². The molecule has 8 heteroatoms. The zero-order valence-corrected chi connectivity index (χ0v) is 20.7. The molecule has 6 nitrogen and oxygen atoms in total. The molecule has 0 aliphatic heterocycles. The summed E-state index contributed by atoms with van der Waals surface area (Å²) in [5.74, 6) is 0.456. The molecule has 0 fully saturated rings. The lowest BCUT2D eigenvalue weighted by atomic mass is 10.0. The summed E-state index contributed by atoms with van der Waals surface area (Å²) < 4.78 is 35.0. The molecule has 1 N–H and O–H groups in total. The van der Waals surface area contributed by atoms with E-state index in [4.69, 9.17) is 9.15 Å². The van der Waals surface area contributed by atoms with Crippen LogP contribution in [0.15, 0.2) is 59.6 Å². The zero-order chi connectivity index (χ0) is 25.8. The minimum atomic E-state index is -0.361. The van der Waals surface area contributed by atoms with Gasteiger partial charge >= 0.3 is 0 Å². The van der Waals surface area contributed by atoms with E-state index in [1.807, 2.05) is 45.0 Å². The maximum absolute atomic E-state index is 13.9. The van der Waals surface area contributed by atoms with Gasteiger partial charge in [0.05, 0.1) is 20.0 Å². The lowest BCUT2D eigenvalue weighted by molar-refractivity contribution is 0.0950. The molecule has 1 amide bonds. The van der Waals surface area contributed by atoms with Gasteiger partial charge in [-0.25, -0.2) is 9.37 Å². The van der Waals surface area contributed by atoms with Gasteiger partial charge < -0.3 is 14.5 Å². The molecule has 2 aromatic heterocycles. The lowest BCUT2D eigenvalue weighted by Gasteiger charge is -2.09. The number of methoxy groups -OCH3 is 1. The summed E-state index contributed by atoms with van der Waals surface area (Å²) in [5, 5.41) is 4.11. The van der Waals surface area contributed by atoms with Gasteiger partial charge in [0.1, 0.15) is 11.6 Å². The number of nitrogens with zero attached hydrogens (tertiary/aromatic N) is 2. The van der Waals surface area contributed by atoms with Gasteiger partial charge in [0.15, 0.2) is 17.8 Å². The highest BCUT2D eigenvalue weighted by Gasteiger charge is 2.19. The Hall–Kier alpha value is -3.81. The number of ether oxygens (including phenoxy) is 1. The summed E-state index contributed by atoms with van der Waals surface area (Å²) in [7, 11) is 1.61. The van der Waals surface area contributed by atoms with Gasteiger partial charge in [0, 0.05) is 29.1 Å². The van der Waals surface area contributed by atoms with E-state index in [0.29, 0.717) is 24.1 Å². The van der Waals surface area contributed by atoms with Gasteiger partial charge in [-0.1, -0.05) is 32.0 Å². The number of oxazole rings is 1. The van der Waals surface area contributed by atoms with Crippen LogP contribution in [-0.4, -0.2) is 36.2 Å². The monoisotopic (exact) mass is 483 g/mol. The van der Waals surface area contributed by atoms with Crippen LogP contribution >= 0.6 is 0 Å². The van der Waals surface area contributed by atoms with E-state index >= 15 is 0 Å². The molecule has 0 saturated heterocycles. The lowest BCUT2D eigenvalue weighted by Crippen LogP contribution is -2.26. The number of halogens is 2. The van der Waals surface area contributed by atoms with Crippen molar-refractivity contribution in [2.45, 2.75) is 34.1 Å². The van der Waals surface area contributed by atoms with Crippen LogP contribution in [0.3, 0.4) is 0 Å². The molecule has 0 spiro atoms. The highest BCUT2D eigenvalue weighted by molar-refractivity contribution is 5.97. The number of amides is 1. The van der Waals surface area contributed by atoms with Crippen molar-refractivity contribution in [3.63, 3.8) is 0 Å². The largest absolute Gasteiger partial charge is 0.496 e. The minimum absolute atomic E-state index is 0.213. The maximum Gasteiger partial charge on any atom is 0.273 e. The number of aryl methyl sites for hydroxylation is 1. The van der Waals surface area contributed by atoms with Crippen LogP contribution in [-0.2, 0) is 6.42 Å². The molecule has 0 bridgehead atoms. The van der Waals surface area contributed by atoms with Crippen molar-refractivity contribution in [2.24, 2.45) is 0 Å². The van der Waals surface area contributed by atoms with Crippen LogP contribution < -0.4 is 10.1 Å². The molecule has 4 rings (SSSR count).